The van der Waals surface area contributed by atoms with Gasteiger partial charge in [-0.1, -0.05) is 0 Å². The summed E-state index contributed by atoms with van der Waals surface area (Å²) in [5.74, 6) is -2.61. The molecule has 0 amide bonds. The van der Waals surface area contributed by atoms with Gasteiger partial charge in [-0.15, -0.1) is 0 Å². The van der Waals surface area contributed by atoms with Crippen LogP contribution in [0.3, 0.4) is 0 Å². The van der Waals surface area contributed by atoms with E-state index in [9.17, 15) is 9.59 Å². The predicted molar refractivity (Wildman–Crippen MR) is 42.4 cm³/mol. The van der Waals surface area contributed by atoms with E-state index in [1.807, 2.05) is 0 Å². The van der Waals surface area contributed by atoms with Crippen LogP contribution in [0.15, 0.2) is 0 Å². The summed E-state index contributed by atoms with van der Waals surface area (Å²) in [5.41, 5.74) is -0.606. The molecule has 0 aliphatic carbocycles. The van der Waals surface area contributed by atoms with Gasteiger partial charge in [-0.25, -0.2) is 0 Å². The molecule has 1 N–H and O–H groups in total. The lowest BCUT2D eigenvalue weighted by Gasteiger charge is -2.23. The maximum Gasteiger partial charge on any atom is 0.313 e. The molecular formula is C9H10O5. The summed E-state index contributed by atoms with van der Waals surface area (Å²) in [6.07, 6.45) is 1.19. The molecule has 0 radical (unpaired) electrons. The zero-order valence-corrected chi connectivity index (χ0v) is 7.43. The van der Waals surface area contributed by atoms with Gasteiger partial charge in [0.15, 0.2) is 0 Å². The minimum absolute atomic E-state index is 0.233. The van der Waals surface area contributed by atoms with Crippen LogP contribution in [-0.2, 0) is 19.1 Å². The Balaban J connectivity index is 2.03. The Morgan fingerprint density at radius 1 is 1.57 bits per heavy atom. The lowest BCUT2D eigenvalue weighted by molar-refractivity contribution is -0.153. The summed E-state index contributed by atoms with van der Waals surface area (Å²) in [5, 5.41) is 9.01. The third-order valence-corrected chi connectivity index (χ3v) is 3.56. The van der Waals surface area contributed by atoms with Crippen LogP contribution < -0.4 is 0 Å². The van der Waals surface area contributed by atoms with Crippen LogP contribution in [0.1, 0.15) is 12.8 Å². The Bertz CT molecular complexity index is 325. The van der Waals surface area contributed by atoms with Crippen molar-refractivity contribution in [3.63, 3.8) is 0 Å². The number of carboxylic acid groups (broad SMARTS) is 1. The van der Waals surface area contributed by atoms with E-state index in [4.69, 9.17) is 14.6 Å². The van der Waals surface area contributed by atoms with Crippen LogP contribution in [0.25, 0.3) is 0 Å². The highest BCUT2D eigenvalue weighted by molar-refractivity contribution is 5.85. The summed E-state index contributed by atoms with van der Waals surface area (Å²) in [4.78, 5) is 22.4. The molecule has 0 aromatic heterocycles. The van der Waals surface area contributed by atoms with Gasteiger partial charge >= 0.3 is 11.9 Å². The molecule has 5 nitrogen and oxygen atoms in total. The van der Waals surface area contributed by atoms with Crippen molar-refractivity contribution in [2.75, 3.05) is 6.61 Å². The Kier molecular flexibility index (Phi) is 1.34. The molecule has 5 heteroatoms. The van der Waals surface area contributed by atoms with Gasteiger partial charge in [0, 0.05) is 0 Å². The highest BCUT2D eigenvalue weighted by atomic mass is 16.6. The highest BCUT2D eigenvalue weighted by Gasteiger charge is 2.68. The number of rotatable bonds is 1. The SMILES string of the molecule is O=C(O)[C@H]1[C@H]2CC[C@@]3(COC(=O)[C@@H]13)O2. The second kappa shape index (κ2) is 2.28. The summed E-state index contributed by atoms with van der Waals surface area (Å²) >= 11 is 0. The number of cyclic esters (lactones) is 1. The molecule has 4 atom stereocenters. The van der Waals surface area contributed by atoms with Gasteiger partial charge in [-0.3, -0.25) is 9.59 Å². The van der Waals surface area contributed by atoms with Crippen molar-refractivity contribution in [1.82, 2.24) is 0 Å². The first-order valence-electron chi connectivity index (χ1n) is 4.71. The first kappa shape index (κ1) is 8.23. The van der Waals surface area contributed by atoms with Gasteiger partial charge in [-0.2, -0.15) is 0 Å². The maximum atomic E-state index is 11.4. The number of aliphatic carboxylic acids is 1. The van der Waals surface area contributed by atoms with Crippen LogP contribution in [0.2, 0.25) is 0 Å². The van der Waals surface area contributed by atoms with E-state index in [-0.39, 0.29) is 12.7 Å². The molecule has 3 rings (SSSR count). The van der Waals surface area contributed by atoms with Crippen molar-refractivity contribution in [3.05, 3.63) is 0 Å². The Labute approximate surface area is 80.0 Å². The molecule has 0 aromatic carbocycles. The third kappa shape index (κ3) is 0.744. The lowest BCUT2D eigenvalue weighted by atomic mass is 9.73. The number of hydrogen-bond acceptors (Lipinski definition) is 4. The molecule has 3 aliphatic heterocycles. The summed E-state index contributed by atoms with van der Waals surface area (Å²) < 4.78 is 10.5. The van der Waals surface area contributed by atoms with Crippen molar-refractivity contribution in [2.45, 2.75) is 24.5 Å². The number of hydrogen-bond donors (Lipinski definition) is 1. The van der Waals surface area contributed by atoms with E-state index in [0.717, 1.165) is 12.8 Å². The van der Waals surface area contributed by atoms with E-state index in [1.165, 1.54) is 0 Å². The minimum Gasteiger partial charge on any atom is -0.481 e. The number of carbonyl (C=O) groups is 2. The molecule has 76 valence electrons. The van der Waals surface area contributed by atoms with Crippen molar-refractivity contribution < 1.29 is 24.2 Å². The second-order valence-corrected chi connectivity index (χ2v) is 4.21. The minimum atomic E-state index is -0.944. The van der Waals surface area contributed by atoms with Crippen molar-refractivity contribution in [3.8, 4) is 0 Å². The van der Waals surface area contributed by atoms with Gasteiger partial charge < -0.3 is 14.6 Å². The number of ether oxygens (including phenoxy) is 2. The number of esters is 1. The van der Waals surface area contributed by atoms with Crippen LogP contribution >= 0.6 is 0 Å². The first-order valence-corrected chi connectivity index (χ1v) is 4.71. The monoisotopic (exact) mass is 198 g/mol. The molecule has 14 heavy (non-hydrogen) atoms. The number of carbonyl (C=O) groups excluding carboxylic acids is 1. The van der Waals surface area contributed by atoms with Gasteiger partial charge in [0.1, 0.15) is 18.1 Å². The van der Waals surface area contributed by atoms with E-state index in [1.54, 1.807) is 0 Å². The topological polar surface area (TPSA) is 72.8 Å². The fourth-order valence-electron chi connectivity index (χ4n) is 2.97. The quantitative estimate of drug-likeness (QED) is 0.590. The molecule has 3 heterocycles. The Morgan fingerprint density at radius 3 is 3.07 bits per heavy atom. The molecule has 0 aromatic rings. The smallest absolute Gasteiger partial charge is 0.313 e. The molecule has 0 saturated carbocycles. The van der Waals surface area contributed by atoms with Crippen molar-refractivity contribution in [1.29, 1.82) is 0 Å². The fourth-order valence-corrected chi connectivity index (χ4v) is 2.97. The van der Waals surface area contributed by atoms with Gasteiger partial charge in [0.2, 0.25) is 0 Å². The molecule has 3 saturated heterocycles. The number of fused-ring (bicyclic) bond motifs is 1. The second-order valence-electron chi connectivity index (χ2n) is 4.21. The van der Waals surface area contributed by atoms with Crippen LogP contribution in [-0.4, -0.2) is 35.4 Å². The molecule has 3 aliphatic rings. The van der Waals surface area contributed by atoms with E-state index >= 15 is 0 Å². The highest BCUT2D eigenvalue weighted by Crippen LogP contribution is 2.54. The van der Waals surface area contributed by atoms with E-state index < -0.39 is 29.4 Å². The average molecular weight is 198 g/mol. The van der Waals surface area contributed by atoms with Gasteiger partial charge in [0.25, 0.3) is 0 Å². The zero-order valence-electron chi connectivity index (χ0n) is 7.43. The summed E-state index contributed by atoms with van der Waals surface area (Å²) in [6.45, 7) is 0.233. The van der Waals surface area contributed by atoms with Crippen LogP contribution in [0, 0.1) is 11.8 Å². The summed E-state index contributed by atoms with van der Waals surface area (Å²) in [7, 11) is 0. The molecular weight excluding hydrogens is 188 g/mol. The van der Waals surface area contributed by atoms with Crippen LogP contribution in [0.5, 0.6) is 0 Å². The first-order chi connectivity index (χ1) is 6.64. The third-order valence-electron chi connectivity index (χ3n) is 3.56. The Hall–Kier alpha value is -1.10. The van der Waals surface area contributed by atoms with Gasteiger partial charge in [0.05, 0.1) is 12.0 Å². The van der Waals surface area contributed by atoms with Crippen molar-refractivity contribution in [2.24, 2.45) is 11.8 Å². The van der Waals surface area contributed by atoms with E-state index in [0.29, 0.717) is 0 Å². The summed E-state index contributed by atoms with van der Waals surface area (Å²) in [6, 6.07) is 0. The Morgan fingerprint density at radius 2 is 2.36 bits per heavy atom. The number of carboxylic acids is 1. The average Bonchev–Trinajstić information content (AvgIpc) is 2.75. The molecule has 2 bridgehead atoms. The predicted octanol–water partition coefficient (Wildman–Crippen LogP) is -0.208. The van der Waals surface area contributed by atoms with Crippen molar-refractivity contribution >= 4 is 11.9 Å². The van der Waals surface area contributed by atoms with Crippen LogP contribution in [0.4, 0.5) is 0 Å². The van der Waals surface area contributed by atoms with E-state index in [2.05, 4.69) is 0 Å². The lowest BCUT2D eigenvalue weighted by Crippen LogP contribution is -2.41. The normalized spacial score (nSPS) is 49.1. The zero-order chi connectivity index (χ0) is 9.92. The molecule has 0 unspecified atom stereocenters. The molecule has 3 fully saturated rings. The largest absolute Gasteiger partial charge is 0.481 e. The standard InChI is InChI=1S/C9H10O5/c10-7(11)5-4-1-2-9(14-4)3-13-8(12)6(5)9/h4-6H,1-3H2,(H,10,11)/t4-,5+,6-,9+/m1/s1. The fraction of sp³-hybridized carbons (Fsp3) is 0.778. The maximum absolute atomic E-state index is 11.4. The molecule has 1 spiro atoms. The van der Waals surface area contributed by atoms with Gasteiger partial charge in [-0.05, 0) is 12.8 Å².